The largest absolute Gasteiger partial charge is 0.323 e. The lowest BCUT2D eigenvalue weighted by atomic mass is 10.1. The second-order valence-corrected chi connectivity index (χ2v) is 6.01. The zero-order chi connectivity index (χ0) is 16.5. The van der Waals surface area contributed by atoms with Crippen molar-refractivity contribution in [2.24, 2.45) is 0 Å². The second kappa shape index (κ2) is 5.88. The molecule has 3 aromatic rings. The van der Waals surface area contributed by atoms with E-state index in [9.17, 15) is 4.79 Å². The SMILES string of the molecule is CC(=O)c1cccc(-c2nccc(Nc3cc(C4CC4)[nH]n3)n2)c1. The summed E-state index contributed by atoms with van der Waals surface area (Å²) in [6.07, 6.45) is 4.15. The van der Waals surface area contributed by atoms with Gasteiger partial charge < -0.3 is 5.32 Å². The summed E-state index contributed by atoms with van der Waals surface area (Å²) in [7, 11) is 0. The third kappa shape index (κ3) is 3.03. The van der Waals surface area contributed by atoms with E-state index < -0.39 is 0 Å². The van der Waals surface area contributed by atoms with E-state index in [-0.39, 0.29) is 5.78 Å². The highest BCUT2D eigenvalue weighted by atomic mass is 16.1. The van der Waals surface area contributed by atoms with Crippen molar-refractivity contribution in [1.29, 1.82) is 0 Å². The summed E-state index contributed by atoms with van der Waals surface area (Å²) >= 11 is 0. The van der Waals surface area contributed by atoms with Gasteiger partial charge in [0.05, 0.1) is 0 Å². The summed E-state index contributed by atoms with van der Waals surface area (Å²) in [4.78, 5) is 20.4. The number of ketones is 1. The average molecular weight is 319 g/mol. The molecule has 120 valence electrons. The lowest BCUT2D eigenvalue weighted by Crippen LogP contribution is -1.98. The molecular formula is C18H17N5O. The molecule has 1 aliphatic rings. The van der Waals surface area contributed by atoms with Gasteiger partial charge in [-0.1, -0.05) is 18.2 Å². The smallest absolute Gasteiger partial charge is 0.161 e. The summed E-state index contributed by atoms with van der Waals surface area (Å²) in [6.45, 7) is 1.55. The first-order chi connectivity index (χ1) is 11.7. The molecule has 6 nitrogen and oxygen atoms in total. The maximum atomic E-state index is 11.5. The van der Waals surface area contributed by atoms with Gasteiger partial charge in [0.2, 0.25) is 0 Å². The standard InChI is InChI=1S/C18H17N5O/c1-11(24)13-3-2-4-14(9-13)18-19-8-7-16(21-18)20-17-10-15(22-23-17)12-5-6-12/h2-4,7-10,12H,5-6H2,1H3,(H2,19,20,21,22,23). The summed E-state index contributed by atoms with van der Waals surface area (Å²) in [6, 6.07) is 11.1. The van der Waals surface area contributed by atoms with Crippen molar-refractivity contribution in [1.82, 2.24) is 20.2 Å². The van der Waals surface area contributed by atoms with E-state index in [2.05, 4.69) is 25.5 Å². The zero-order valence-corrected chi connectivity index (χ0v) is 13.3. The molecule has 4 rings (SSSR count). The van der Waals surface area contributed by atoms with E-state index in [0.29, 0.717) is 23.1 Å². The fourth-order valence-electron chi connectivity index (χ4n) is 2.58. The highest BCUT2D eigenvalue weighted by Gasteiger charge is 2.25. The zero-order valence-electron chi connectivity index (χ0n) is 13.3. The van der Waals surface area contributed by atoms with Crippen LogP contribution in [0.25, 0.3) is 11.4 Å². The average Bonchev–Trinajstić information content (AvgIpc) is 3.35. The molecule has 1 saturated carbocycles. The third-order valence-corrected chi connectivity index (χ3v) is 4.05. The van der Waals surface area contributed by atoms with Gasteiger partial charge in [-0.2, -0.15) is 5.10 Å². The van der Waals surface area contributed by atoms with Crippen LogP contribution in [0.4, 0.5) is 11.6 Å². The van der Waals surface area contributed by atoms with Gasteiger partial charge in [0.1, 0.15) is 5.82 Å². The van der Waals surface area contributed by atoms with E-state index in [4.69, 9.17) is 0 Å². The minimum absolute atomic E-state index is 0.0234. The van der Waals surface area contributed by atoms with Crippen LogP contribution in [0.1, 0.15) is 41.7 Å². The fraction of sp³-hybridized carbons (Fsp3) is 0.222. The first-order valence-electron chi connectivity index (χ1n) is 7.96. The van der Waals surface area contributed by atoms with Gasteiger partial charge in [-0.3, -0.25) is 9.89 Å². The molecule has 2 aromatic heterocycles. The molecule has 0 amide bonds. The molecule has 0 bridgehead atoms. The van der Waals surface area contributed by atoms with Crippen molar-refractivity contribution in [2.45, 2.75) is 25.7 Å². The first-order valence-corrected chi connectivity index (χ1v) is 7.96. The highest BCUT2D eigenvalue weighted by molar-refractivity contribution is 5.95. The van der Waals surface area contributed by atoms with Gasteiger partial charge in [-0.25, -0.2) is 9.97 Å². The van der Waals surface area contributed by atoms with Crippen LogP contribution in [0.2, 0.25) is 0 Å². The normalized spacial score (nSPS) is 13.7. The van der Waals surface area contributed by atoms with Crippen LogP contribution in [-0.4, -0.2) is 25.9 Å². The third-order valence-electron chi connectivity index (χ3n) is 4.05. The summed E-state index contributed by atoms with van der Waals surface area (Å²) < 4.78 is 0. The number of Topliss-reactive ketones (excluding diaryl/α,β-unsaturated/α-hetero) is 1. The van der Waals surface area contributed by atoms with Gasteiger partial charge >= 0.3 is 0 Å². The van der Waals surface area contributed by atoms with Crippen molar-refractivity contribution in [3.63, 3.8) is 0 Å². The molecule has 0 aliphatic heterocycles. The van der Waals surface area contributed by atoms with Gasteiger partial charge in [-0.05, 0) is 31.9 Å². The molecule has 0 unspecified atom stereocenters. The highest BCUT2D eigenvalue weighted by Crippen LogP contribution is 2.39. The Bertz CT molecular complexity index is 898. The number of carbonyl (C=O) groups excluding carboxylic acids is 1. The molecule has 0 saturated heterocycles. The number of benzene rings is 1. The van der Waals surface area contributed by atoms with Gasteiger partial charge in [-0.15, -0.1) is 0 Å². The van der Waals surface area contributed by atoms with Crippen molar-refractivity contribution in [3.8, 4) is 11.4 Å². The van der Waals surface area contributed by atoms with E-state index in [1.165, 1.54) is 18.5 Å². The number of nitrogens with one attached hydrogen (secondary N) is 2. The van der Waals surface area contributed by atoms with Gasteiger partial charge in [0.15, 0.2) is 17.4 Å². The minimum atomic E-state index is 0.0234. The fourth-order valence-corrected chi connectivity index (χ4v) is 2.58. The van der Waals surface area contributed by atoms with E-state index >= 15 is 0 Å². The summed E-state index contributed by atoms with van der Waals surface area (Å²) in [5.74, 6) is 2.64. The van der Waals surface area contributed by atoms with Gasteiger partial charge in [0, 0.05) is 35.0 Å². The minimum Gasteiger partial charge on any atom is -0.323 e. The Labute approximate surface area is 139 Å². The van der Waals surface area contributed by atoms with Crippen molar-refractivity contribution in [3.05, 3.63) is 53.9 Å². The molecular weight excluding hydrogens is 302 g/mol. The van der Waals surface area contributed by atoms with Crippen LogP contribution in [-0.2, 0) is 0 Å². The number of nitrogens with zero attached hydrogens (tertiary/aromatic N) is 3. The lowest BCUT2D eigenvalue weighted by Gasteiger charge is -2.05. The van der Waals surface area contributed by atoms with E-state index in [1.807, 2.05) is 18.2 Å². The van der Waals surface area contributed by atoms with Gasteiger partial charge in [0.25, 0.3) is 0 Å². The second-order valence-electron chi connectivity index (χ2n) is 6.01. The van der Waals surface area contributed by atoms with Crippen LogP contribution in [0.3, 0.4) is 0 Å². The Balaban J connectivity index is 1.58. The number of H-pyrrole nitrogens is 1. The molecule has 1 aliphatic carbocycles. The maximum Gasteiger partial charge on any atom is 0.161 e. The molecule has 2 N–H and O–H groups in total. The molecule has 6 heteroatoms. The Kier molecular flexibility index (Phi) is 3.57. The molecule has 1 aromatic carbocycles. The number of rotatable bonds is 5. The van der Waals surface area contributed by atoms with E-state index in [0.717, 1.165) is 11.4 Å². The quantitative estimate of drug-likeness (QED) is 0.701. The number of aromatic nitrogens is 4. The predicted molar refractivity (Wildman–Crippen MR) is 91.3 cm³/mol. The summed E-state index contributed by atoms with van der Waals surface area (Å²) in [5, 5.41) is 10.5. The van der Waals surface area contributed by atoms with Crippen LogP contribution in [0, 0.1) is 0 Å². The molecule has 0 radical (unpaired) electrons. The predicted octanol–water partition coefficient (Wildman–Crippen LogP) is 3.69. The molecule has 24 heavy (non-hydrogen) atoms. The topological polar surface area (TPSA) is 83.6 Å². The number of hydrogen-bond donors (Lipinski definition) is 2. The monoisotopic (exact) mass is 319 g/mol. The Morgan fingerprint density at radius 2 is 2.08 bits per heavy atom. The first kappa shape index (κ1) is 14.6. The molecule has 2 heterocycles. The number of hydrogen-bond acceptors (Lipinski definition) is 5. The number of carbonyl (C=O) groups is 1. The van der Waals surface area contributed by atoms with Crippen LogP contribution >= 0.6 is 0 Å². The van der Waals surface area contributed by atoms with Crippen molar-refractivity contribution in [2.75, 3.05) is 5.32 Å². The molecule has 0 atom stereocenters. The van der Waals surface area contributed by atoms with Crippen molar-refractivity contribution < 1.29 is 4.79 Å². The van der Waals surface area contributed by atoms with E-state index in [1.54, 1.807) is 31.3 Å². The Hall–Kier alpha value is -3.02. The summed E-state index contributed by atoms with van der Waals surface area (Å²) in [5.41, 5.74) is 2.63. The Morgan fingerprint density at radius 3 is 2.88 bits per heavy atom. The van der Waals surface area contributed by atoms with Crippen LogP contribution < -0.4 is 5.32 Å². The molecule has 1 fully saturated rings. The Morgan fingerprint density at radius 1 is 1.21 bits per heavy atom. The van der Waals surface area contributed by atoms with Crippen LogP contribution in [0.5, 0.6) is 0 Å². The maximum absolute atomic E-state index is 11.5. The van der Waals surface area contributed by atoms with Crippen molar-refractivity contribution >= 4 is 17.4 Å². The lowest BCUT2D eigenvalue weighted by molar-refractivity contribution is 0.101. The van der Waals surface area contributed by atoms with Crippen LogP contribution in [0.15, 0.2) is 42.6 Å². The number of aromatic amines is 1. The number of anilines is 2. The molecule has 0 spiro atoms.